The van der Waals surface area contributed by atoms with Crippen LogP contribution in [0.2, 0.25) is 0 Å². The van der Waals surface area contributed by atoms with E-state index in [4.69, 9.17) is 4.42 Å². The number of halogens is 1. The lowest BCUT2D eigenvalue weighted by Crippen LogP contribution is -2.16. The SMILES string of the molecule is O=C(N/N=C\c1ccc(Br)cc1)c1cc2cc([N+](=O)[O-])ccc2o1. The van der Waals surface area contributed by atoms with Crippen molar-refractivity contribution >= 4 is 44.7 Å². The number of hydrogen-bond acceptors (Lipinski definition) is 5. The first-order valence-electron chi connectivity index (χ1n) is 6.80. The summed E-state index contributed by atoms with van der Waals surface area (Å²) in [6, 6.07) is 12.9. The molecule has 1 aromatic heterocycles. The molecule has 0 bridgehead atoms. The first-order valence-corrected chi connectivity index (χ1v) is 7.59. The molecule has 0 aliphatic carbocycles. The van der Waals surface area contributed by atoms with Crippen molar-refractivity contribution in [1.82, 2.24) is 5.43 Å². The van der Waals surface area contributed by atoms with Crippen LogP contribution in [0.5, 0.6) is 0 Å². The third-order valence-electron chi connectivity index (χ3n) is 3.18. The van der Waals surface area contributed by atoms with Gasteiger partial charge in [-0.25, -0.2) is 5.43 Å². The average molecular weight is 388 g/mol. The monoisotopic (exact) mass is 387 g/mol. The van der Waals surface area contributed by atoms with E-state index >= 15 is 0 Å². The Hall–Kier alpha value is -3.00. The number of carbonyl (C=O) groups is 1. The number of nitro groups is 1. The predicted molar refractivity (Wildman–Crippen MR) is 92.1 cm³/mol. The fraction of sp³-hybridized carbons (Fsp3) is 0. The van der Waals surface area contributed by atoms with Crippen LogP contribution in [0.1, 0.15) is 16.1 Å². The third kappa shape index (κ3) is 3.49. The van der Waals surface area contributed by atoms with Gasteiger partial charge in [-0.3, -0.25) is 14.9 Å². The zero-order chi connectivity index (χ0) is 17.1. The number of rotatable bonds is 4. The number of carbonyl (C=O) groups excluding carboxylic acids is 1. The van der Waals surface area contributed by atoms with Crippen LogP contribution in [0.4, 0.5) is 5.69 Å². The molecule has 8 heteroatoms. The second-order valence-electron chi connectivity index (χ2n) is 4.84. The van der Waals surface area contributed by atoms with Crippen molar-refractivity contribution in [1.29, 1.82) is 0 Å². The number of fused-ring (bicyclic) bond motifs is 1. The highest BCUT2D eigenvalue weighted by atomic mass is 79.9. The van der Waals surface area contributed by atoms with Gasteiger partial charge >= 0.3 is 5.91 Å². The maximum absolute atomic E-state index is 12.0. The molecule has 24 heavy (non-hydrogen) atoms. The number of furan rings is 1. The van der Waals surface area contributed by atoms with Crippen LogP contribution in [0.15, 0.2) is 62.5 Å². The van der Waals surface area contributed by atoms with E-state index in [-0.39, 0.29) is 11.4 Å². The van der Waals surface area contributed by atoms with Crippen molar-refractivity contribution in [2.45, 2.75) is 0 Å². The summed E-state index contributed by atoms with van der Waals surface area (Å²) >= 11 is 3.33. The minimum Gasteiger partial charge on any atom is -0.451 e. The van der Waals surface area contributed by atoms with Gasteiger partial charge in [-0.2, -0.15) is 5.10 Å². The van der Waals surface area contributed by atoms with Gasteiger partial charge in [0.05, 0.1) is 11.1 Å². The van der Waals surface area contributed by atoms with Gasteiger partial charge in [0.25, 0.3) is 5.69 Å². The molecule has 0 aliphatic heterocycles. The van der Waals surface area contributed by atoms with Crippen molar-refractivity contribution in [3.63, 3.8) is 0 Å². The summed E-state index contributed by atoms with van der Waals surface area (Å²) in [5.74, 6) is -0.513. The van der Waals surface area contributed by atoms with Crippen LogP contribution in [-0.4, -0.2) is 17.0 Å². The first-order chi connectivity index (χ1) is 11.5. The number of non-ortho nitro benzene ring substituents is 1. The normalized spacial score (nSPS) is 11.0. The highest BCUT2D eigenvalue weighted by Gasteiger charge is 2.14. The second-order valence-corrected chi connectivity index (χ2v) is 5.76. The maximum Gasteiger partial charge on any atom is 0.307 e. The largest absolute Gasteiger partial charge is 0.451 e. The molecule has 0 saturated heterocycles. The van der Waals surface area contributed by atoms with Gasteiger partial charge in [0.1, 0.15) is 5.58 Å². The second kappa shape index (κ2) is 6.63. The lowest BCUT2D eigenvalue weighted by atomic mass is 10.2. The molecule has 1 heterocycles. The molecular weight excluding hydrogens is 378 g/mol. The van der Waals surface area contributed by atoms with Crippen LogP contribution in [0, 0.1) is 10.1 Å². The molecule has 7 nitrogen and oxygen atoms in total. The van der Waals surface area contributed by atoms with Gasteiger partial charge in [0, 0.05) is 22.0 Å². The van der Waals surface area contributed by atoms with Crippen LogP contribution < -0.4 is 5.43 Å². The average Bonchev–Trinajstić information content (AvgIpc) is 2.99. The van der Waals surface area contributed by atoms with E-state index in [1.807, 2.05) is 24.3 Å². The minimum absolute atomic E-state index is 0.0263. The van der Waals surface area contributed by atoms with Gasteiger partial charge in [-0.15, -0.1) is 0 Å². The number of nitro benzene ring substituents is 1. The number of amides is 1. The number of nitrogens with zero attached hydrogens (tertiary/aromatic N) is 2. The van der Waals surface area contributed by atoms with Crippen LogP contribution in [0.3, 0.4) is 0 Å². The van der Waals surface area contributed by atoms with Gasteiger partial charge in [-0.05, 0) is 29.8 Å². The molecule has 1 amide bonds. The van der Waals surface area contributed by atoms with Crippen molar-refractivity contribution in [3.05, 3.63) is 74.4 Å². The van der Waals surface area contributed by atoms with Gasteiger partial charge in [-0.1, -0.05) is 28.1 Å². The highest BCUT2D eigenvalue weighted by molar-refractivity contribution is 9.10. The summed E-state index contributed by atoms with van der Waals surface area (Å²) in [6.07, 6.45) is 1.50. The lowest BCUT2D eigenvalue weighted by Gasteiger charge is -1.96. The lowest BCUT2D eigenvalue weighted by molar-refractivity contribution is -0.384. The van der Waals surface area contributed by atoms with Crippen LogP contribution >= 0.6 is 15.9 Å². The fourth-order valence-electron chi connectivity index (χ4n) is 2.03. The summed E-state index contributed by atoms with van der Waals surface area (Å²) in [7, 11) is 0. The Morgan fingerprint density at radius 1 is 1.21 bits per heavy atom. The third-order valence-corrected chi connectivity index (χ3v) is 3.71. The zero-order valence-corrected chi connectivity index (χ0v) is 13.7. The molecule has 0 saturated carbocycles. The fourth-order valence-corrected chi connectivity index (χ4v) is 2.29. The summed E-state index contributed by atoms with van der Waals surface area (Å²) in [4.78, 5) is 22.3. The van der Waals surface area contributed by atoms with Crippen LogP contribution in [0.25, 0.3) is 11.0 Å². The Labute approximate surface area is 144 Å². The molecule has 0 aliphatic rings. The molecule has 2 aromatic carbocycles. The van der Waals surface area contributed by atoms with E-state index in [0.29, 0.717) is 11.0 Å². The highest BCUT2D eigenvalue weighted by Crippen LogP contribution is 2.24. The first kappa shape index (κ1) is 15.9. The molecule has 0 unspecified atom stereocenters. The molecule has 0 radical (unpaired) electrons. The summed E-state index contributed by atoms with van der Waals surface area (Å²) in [5.41, 5.74) is 3.49. The van der Waals surface area contributed by atoms with Gasteiger partial charge in [0.15, 0.2) is 5.76 Å². The van der Waals surface area contributed by atoms with Crippen molar-refractivity contribution < 1.29 is 14.1 Å². The molecular formula is C16H10BrN3O4. The molecule has 0 atom stereocenters. The number of nitrogens with one attached hydrogen (secondary N) is 1. The van der Waals surface area contributed by atoms with Crippen molar-refractivity contribution in [3.8, 4) is 0 Å². The van der Waals surface area contributed by atoms with Crippen molar-refractivity contribution in [2.24, 2.45) is 5.10 Å². The molecule has 120 valence electrons. The maximum atomic E-state index is 12.0. The molecule has 0 fully saturated rings. The van der Waals surface area contributed by atoms with E-state index < -0.39 is 10.8 Å². The standard InChI is InChI=1S/C16H10BrN3O4/c17-12-3-1-10(2-4-12)9-18-19-16(21)15-8-11-7-13(20(22)23)5-6-14(11)24-15/h1-9H,(H,19,21)/b18-9-. The Bertz CT molecular complexity index is 948. The number of benzene rings is 2. The van der Waals surface area contributed by atoms with Crippen molar-refractivity contribution in [2.75, 3.05) is 0 Å². The van der Waals surface area contributed by atoms with E-state index in [1.54, 1.807) is 0 Å². The minimum atomic E-state index is -0.540. The number of hydrazone groups is 1. The Kier molecular flexibility index (Phi) is 4.39. The van der Waals surface area contributed by atoms with Crippen LogP contribution in [-0.2, 0) is 0 Å². The summed E-state index contributed by atoms with van der Waals surface area (Å²) in [5, 5.41) is 15.1. The Morgan fingerprint density at radius 3 is 2.67 bits per heavy atom. The summed E-state index contributed by atoms with van der Waals surface area (Å²) in [6.45, 7) is 0. The Morgan fingerprint density at radius 2 is 1.96 bits per heavy atom. The van der Waals surface area contributed by atoms with E-state index in [9.17, 15) is 14.9 Å². The van der Waals surface area contributed by atoms with E-state index in [2.05, 4.69) is 26.5 Å². The predicted octanol–water partition coefficient (Wildman–Crippen LogP) is 3.87. The topological polar surface area (TPSA) is 97.7 Å². The Balaban J connectivity index is 1.73. The number of hydrogen-bond donors (Lipinski definition) is 1. The molecule has 1 N–H and O–H groups in total. The quantitative estimate of drug-likeness (QED) is 0.417. The van der Waals surface area contributed by atoms with Gasteiger partial charge in [0.2, 0.25) is 0 Å². The smallest absolute Gasteiger partial charge is 0.307 e. The summed E-state index contributed by atoms with van der Waals surface area (Å²) < 4.78 is 6.31. The van der Waals surface area contributed by atoms with Gasteiger partial charge < -0.3 is 4.42 Å². The zero-order valence-electron chi connectivity index (χ0n) is 12.1. The molecule has 3 rings (SSSR count). The van der Waals surface area contributed by atoms with E-state index in [0.717, 1.165) is 10.0 Å². The van der Waals surface area contributed by atoms with E-state index in [1.165, 1.54) is 30.5 Å². The molecule has 0 spiro atoms. The molecule has 3 aromatic rings.